The monoisotopic (exact) mass is 266 g/mol. The van der Waals surface area contributed by atoms with Crippen LogP contribution < -0.4 is 10.5 Å². The van der Waals surface area contributed by atoms with Gasteiger partial charge >= 0.3 is 0 Å². The van der Waals surface area contributed by atoms with Gasteiger partial charge in [0.15, 0.2) is 0 Å². The first-order chi connectivity index (χ1) is 8.99. The zero-order valence-corrected chi connectivity index (χ0v) is 12.2. The van der Waals surface area contributed by atoms with Gasteiger partial charge in [-0.05, 0) is 51.6 Å². The van der Waals surface area contributed by atoms with Crippen molar-refractivity contribution in [2.45, 2.75) is 25.8 Å². The Morgan fingerprint density at radius 1 is 1.26 bits per heavy atom. The van der Waals surface area contributed by atoms with Crippen LogP contribution in [0, 0.1) is 0 Å². The molecule has 4 nitrogen and oxygen atoms in total. The minimum Gasteiger partial charge on any atom is -0.492 e. The van der Waals surface area contributed by atoms with E-state index >= 15 is 0 Å². The molecule has 4 heteroatoms. The number of rotatable bonds is 8. The summed E-state index contributed by atoms with van der Waals surface area (Å²) in [5, 5.41) is 9.27. The van der Waals surface area contributed by atoms with Crippen molar-refractivity contribution >= 4 is 0 Å². The topological polar surface area (TPSA) is 58.7 Å². The van der Waals surface area contributed by atoms with Gasteiger partial charge in [-0.25, -0.2) is 0 Å². The highest BCUT2D eigenvalue weighted by Gasteiger charge is 2.21. The van der Waals surface area contributed by atoms with E-state index in [1.165, 1.54) is 5.56 Å². The summed E-state index contributed by atoms with van der Waals surface area (Å²) in [6, 6.07) is 8.04. The quantitative estimate of drug-likeness (QED) is 0.744. The van der Waals surface area contributed by atoms with Gasteiger partial charge in [-0.2, -0.15) is 0 Å². The maximum absolute atomic E-state index is 9.27. The van der Waals surface area contributed by atoms with Gasteiger partial charge in [0.25, 0.3) is 0 Å². The van der Waals surface area contributed by atoms with Gasteiger partial charge in [0.1, 0.15) is 12.4 Å². The fourth-order valence-corrected chi connectivity index (χ4v) is 1.64. The summed E-state index contributed by atoms with van der Waals surface area (Å²) < 4.78 is 5.69. The first-order valence-corrected chi connectivity index (χ1v) is 6.73. The maximum Gasteiger partial charge on any atom is 0.119 e. The van der Waals surface area contributed by atoms with Crippen molar-refractivity contribution in [1.29, 1.82) is 0 Å². The van der Waals surface area contributed by atoms with Crippen LogP contribution in [0.5, 0.6) is 5.75 Å². The number of aliphatic hydroxyl groups is 1. The van der Waals surface area contributed by atoms with Crippen molar-refractivity contribution in [3.05, 3.63) is 29.8 Å². The summed E-state index contributed by atoms with van der Waals surface area (Å²) in [5.41, 5.74) is 6.52. The molecule has 19 heavy (non-hydrogen) atoms. The molecule has 1 rings (SSSR count). The molecule has 1 aromatic rings. The molecule has 0 amide bonds. The van der Waals surface area contributed by atoms with E-state index in [0.29, 0.717) is 13.2 Å². The first kappa shape index (κ1) is 16.0. The zero-order chi connectivity index (χ0) is 14.3. The summed E-state index contributed by atoms with van der Waals surface area (Å²) in [7, 11) is 1.99. The zero-order valence-electron chi connectivity index (χ0n) is 12.2. The van der Waals surface area contributed by atoms with Crippen molar-refractivity contribution in [2.75, 3.05) is 33.4 Å². The number of likely N-dealkylation sites (N-methyl/N-ethyl adjacent to an activating group) is 1. The number of nitrogens with zero attached hydrogens (tertiary/aromatic N) is 1. The lowest BCUT2D eigenvalue weighted by molar-refractivity contribution is 0.0679. The molecular weight excluding hydrogens is 240 g/mol. The predicted molar refractivity (Wildman–Crippen MR) is 78.5 cm³/mol. The van der Waals surface area contributed by atoms with E-state index in [4.69, 9.17) is 10.5 Å². The Kier molecular flexibility index (Phi) is 6.28. The van der Waals surface area contributed by atoms with Crippen LogP contribution >= 0.6 is 0 Å². The second-order valence-corrected chi connectivity index (χ2v) is 5.42. The Balaban J connectivity index is 2.37. The third-order valence-corrected chi connectivity index (χ3v) is 3.47. The van der Waals surface area contributed by atoms with Gasteiger partial charge in [0, 0.05) is 12.1 Å². The van der Waals surface area contributed by atoms with E-state index < -0.39 is 0 Å². The molecular formula is C15H26N2O2. The molecule has 0 aromatic heterocycles. The highest BCUT2D eigenvalue weighted by atomic mass is 16.5. The van der Waals surface area contributed by atoms with Crippen LogP contribution in [0.3, 0.4) is 0 Å². The molecule has 0 aliphatic carbocycles. The second kappa shape index (κ2) is 7.48. The highest BCUT2D eigenvalue weighted by molar-refractivity contribution is 5.27. The molecule has 0 fully saturated rings. The third kappa shape index (κ3) is 5.19. The van der Waals surface area contributed by atoms with Gasteiger partial charge in [0.05, 0.1) is 6.61 Å². The smallest absolute Gasteiger partial charge is 0.119 e. The Hall–Kier alpha value is -1.10. The van der Waals surface area contributed by atoms with Crippen molar-refractivity contribution in [2.24, 2.45) is 5.73 Å². The fourth-order valence-electron chi connectivity index (χ4n) is 1.64. The minimum atomic E-state index is -0.214. The number of ether oxygens (including phenoxy) is 1. The maximum atomic E-state index is 9.27. The Morgan fingerprint density at radius 2 is 1.89 bits per heavy atom. The summed E-state index contributed by atoms with van der Waals surface area (Å²) in [4.78, 5) is 2.09. The predicted octanol–water partition coefficient (Wildman–Crippen LogP) is 1.27. The van der Waals surface area contributed by atoms with E-state index in [1.54, 1.807) is 0 Å². The lowest BCUT2D eigenvalue weighted by Crippen LogP contribution is -2.45. The number of nitrogens with two attached hydrogens (primary N) is 1. The van der Waals surface area contributed by atoms with E-state index in [1.807, 2.05) is 45.2 Å². The normalized spacial score (nSPS) is 11.9. The first-order valence-electron chi connectivity index (χ1n) is 6.73. The van der Waals surface area contributed by atoms with Crippen molar-refractivity contribution in [3.63, 3.8) is 0 Å². The number of aliphatic hydroxyl groups excluding tert-OH is 1. The molecule has 0 heterocycles. The molecule has 0 saturated heterocycles. The summed E-state index contributed by atoms with van der Waals surface area (Å²) in [6.45, 7) is 6.20. The van der Waals surface area contributed by atoms with Crippen molar-refractivity contribution in [1.82, 2.24) is 4.90 Å². The van der Waals surface area contributed by atoms with Crippen LogP contribution in [-0.4, -0.2) is 48.9 Å². The summed E-state index contributed by atoms with van der Waals surface area (Å²) in [6.07, 6.45) is 0.897. The van der Waals surface area contributed by atoms with Crippen LogP contribution in [0.15, 0.2) is 24.3 Å². The Bertz CT molecular complexity index is 363. The molecule has 0 aliphatic rings. The molecule has 0 unspecified atom stereocenters. The van der Waals surface area contributed by atoms with E-state index in [0.717, 1.165) is 18.7 Å². The average molecular weight is 266 g/mol. The van der Waals surface area contributed by atoms with Crippen LogP contribution in [-0.2, 0) is 6.42 Å². The second-order valence-electron chi connectivity index (χ2n) is 5.42. The summed E-state index contributed by atoms with van der Waals surface area (Å²) >= 11 is 0. The van der Waals surface area contributed by atoms with E-state index in [9.17, 15) is 5.11 Å². The van der Waals surface area contributed by atoms with E-state index in [-0.39, 0.29) is 12.1 Å². The van der Waals surface area contributed by atoms with Gasteiger partial charge in [-0.3, -0.25) is 4.90 Å². The number of benzene rings is 1. The van der Waals surface area contributed by atoms with Gasteiger partial charge in [-0.1, -0.05) is 12.1 Å². The minimum absolute atomic E-state index is 0.136. The standard InChI is InChI=1S/C15H26N2O2/c1-15(2,12-18)17(3)10-11-19-14-6-4-13(5-7-14)8-9-16/h4-7,18H,8-12,16H2,1-3H3. The van der Waals surface area contributed by atoms with E-state index in [2.05, 4.69) is 4.90 Å². The molecule has 1 aromatic carbocycles. The lowest BCUT2D eigenvalue weighted by atomic mass is 10.1. The molecule has 0 radical (unpaired) electrons. The van der Waals surface area contributed by atoms with Crippen molar-refractivity contribution in [3.8, 4) is 5.75 Å². The molecule has 0 atom stereocenters. The molecule has 0 spiro atoms. The van der Waals surface area contributed by atoms with Gasteiger partial charge in [-0.15, -0.1) is 0 Å². The molecule has 108 valence electrons. The number of hydrogen-bond donors (Lipinski definition) is 2. The van der Waals surface area contributed by atoms with Gasteiger partial charge in [0.2, 0.25) is 0 Å². The lowest BCUT2D eigenvalue weighted by Gasteiger charge is -2.33. The largest absolute Gasteiger partial charge is 0.492 e. The molecule has 0 aliphatic heterocycles. The molecule has 3 N–H and O–H groups in total. The summed E-state index contributed by atoms with van der Waals surface area (Å²) in [5.74, 6) is 0.871. The Labute approximate surface area is 116 Å². The number of hydrogen-bond acceptors (Lipinski definition) is 4. The molecule has 0 bridgehead atoms. The van der Waals surface area contributed by atoms with Crippen LogP contribution in [0.25, 0.3) is 0 Å². The van der Waals surface area contributed by atoms with Crippen molar-refractivity contribution < 1.29 is 9.84 Å². The van der Waals surface area contributed by atoms with Crippen LogP contribution in [0.4, 0.5) is 0 Å². The Morgan fingerprint density at radius 3 is 2.42 bits per heavy atom. The fraction of sp³-hybridized carbons (Fsp3) is 0.600. The van der Waals surface area contributed by atoms with Crippen LogP contribution in [0.1, 0.15) is 19.4 Å². The van der Waals surface area contributed by atoms with Crippen LogP contribution in [0.2, 0.25) is 0 Å². The highest BCUT2D eigenvalue weighted by Crippen LogP contribution is 2.14. The SMILES string of the molecule is CN(CCOc1ccc(CCN)cc1)C(C)(C)CO. The third-order valence-electron chi connectivity index (χ3n) is 3.47. The average Bonchev–Trinajstić information content (AvgIpc) is 2.41. The molecule has 0 saturated carbocycles. The van der Waals surface area contributed by atoms with Gasteiger partial charge < -0.3 is 15.6 Å².